The predicted octanol–water partition coefficient (Wildman–Crippen LogP) is 9.44. The van der Waals surface area contributed by atoms with Crippen LogP contribution in [0.4, 0.5) is 10.5 Å². The number of nitrogens with one attached hydrogen (secondary N) is 1. The maximum Gasteiger partial charge on any atom is 0.411 e. The molecule has 1 aromatic rings. The molecule has 0 bridgehead atoms. The molecular formula is C36H55NO4S. The predicted molar refractivity (Wildman–Crippen MR) is 171 cm³/mol. The number of amides is 1. The third kappa shape index (κ3) is 6.08. The summed E-state index contributed by atoms with van der Waals surface area (Å²) in [6.45, 7) is 14.1. The van der Waals surface area contributed by atoms with Crippen LogP contribution < -0.4 is 5.32 Å². The lowest BCUT2D eigenvalue weighted by Crippen LogP contribution is -2.51. The van der Waals surface area contributed by atoms with Gasteiger partial charge in [0.05, 0.1) is 10.6 Å². The molecular weight excluding hydrogens is 542 g/mol. The Morgan fingerprint density at radius 3 is 2.43 bits per heavy atom. The molecule has 5 rings (SSSR count). The molecule has 234 valence electrons. The van der Waals surface area contributed by atoms with E-state index >= 15 is 0 Å². The van der Waals surface area contributed by atoms with E-state index in [1.54, 1.807) is 31.2 Å². The van der Waals surface area contributed by atoms with E-state index in [2.05, 4.69) is 46.0 Å². The second kappa shape index (κ2) is 12.3. The van der Waals surface area contributed by atoms with Gasteiger partial charge in [0.25, 0.3) is 0 Å². The average Bonchev–Trinajstić information content (AvgIpc) is 3.30. The highest BCUT2D eigenvalue weighted by Crippen LogP contribution is 2.67. The van der Waals surface area contributed by atoms with E-state index in [0.717, 1.165) is 54.8 Å². The maximum atomic E-state index is 12.8. The fraction of sp³-hybridized carbons (Fsp3) is 0.750. The Labute approximate surface area is 255 Å². The van der Waals surface area contributed by atoms with Crippen molar-refractivity contribution in [3.05, 3.63) is 35.9 Å². The average molecular weight is 598 g/mol. The minimum Gasteiger partial charge on any atom is -0.446 e. The van der Waals surface area contributed by atoms with Crippen LogP contribution in [0.1, 0.15) is 112 Å². The second-order valence-electron chi connectivity index (χ2n) is 15.1. The fourth-order valence-electron chi connectivity index (χ4n) is 9.96. The fourth-order valence-corrected chi connectivity index (χ4v) is 10.8. The molecule has 1 N–H and O–H groups in total. The Balaban J connectivity index is 1.19. The van der Waals surface area contributed by atoms with Crippen LogP contribution in [0.3, 0.4) is 0 Å². The van der Waals surface area contributed by atoms with E-state index in [-0.39, 0.29) is 22.2 Å². The first-order chi connectivity index (χ1) is 19.9. The van der Waals surface area contributed by atoms with Crippen molar-refractivity contribution in [2.24, 2.45) is 46.3 Å². The van der Waals surface area contributed by atoms with E-state index in [9.17, 15) is 13.2 Å². The van der Waals surface area contributed by atoms with Gasteiger partial charge in [-0.25, -0.2) is 13.2 Å². The zero-order valence-corrected chi connectivity index (χ0v) is 27.8. The molecule has 3 saturated carbocycles. The molecule has 42 heavy (non-hydrogen) atoms. The highest BCUT2D eigenvalue weighted by Gasteiger charge is 2.59. The van der Waals surface area contributed by atoms with Crippen molar-refractivity contribution in [3.63, 3.8) is 0 Å². The molecule has 4 aliphatic rings. The van der Waals surface area contributed by atoms with Gasteiger partial charge >= 0.3 is 6.09 Å². The molecule has 0 heterocycles. The van der Waals surface area contributed by atoms with E-state index in [0.29, 0.717) is 11.1 Å². The van der Waals surface area contributed by atoms with Crippen molar-refractivity contribution in [2.75, 3.05) is 11.1 Å². The van der Waals surface area contributed by atoms with Crippen molar-refractivity contribution in [3.8, 4) is 0 Å². The van der Waals surface area contributed by atoms with Gasteiger partial charge in [-0.15, -0.1) is 0 Å². The van der Waals surface area contributed by atoms with Gasteiger partial charge in [0.1, 0.15) is 6.10 Å². The zero-order valence-electron chi connectivity index (χ0n) is 27.0. The van der Waals surface area contributed by atoms with Gasteiger partial charge in [0.2, 0.25) is 0 Å². The van der Waals surface area contributed by atoms with Gasteiger partial charge in [-0.3, -0.25) is 5.32 Å². The molecule has 1 aromatic carbocycles. The Morgan fingerprint density at radius 1 is 1.00 bits per heavy atom. The maximum absolute atomic E-state index is 12.8. The van der Waals surface area contributed by atoms with Crippen LogP contribution in [-0.2, 0) is 14.6 Å². The molecule has 8 atom stereocenters. The summed E-state index contributed by atoms with van der Waals surface area (Å²) in [4.78, 5) is 13.0. The minimum absolute atomic E-state index is 0.0537. The highest BCUT2D eigenvalue weighted by molar-refractivity contribution is 7.91. The van der Waals surface area contributed by atoms with Crippen LogP contribution in [0, 0.1) is 46.3 Å². The molecule has 5 nitrogen and oxygen atoms in total. The Bertz CT molecular complexity index is 1250. The van der Waals surface area contributed by atoms with Crippen molar-refractivity contribution in [1.82, 2.24) is 0 Å². The molecule has 3 fully saturated rings. The number of sulfone groups is 1. The van der Waals surface area contributed by atoms with Crippen molar-refractivity contribution < 1.29 is 17.9 Å². The van der Waals surface area contributed by atoms with Gasteiger partial charge in [0, 0.05) is 12.1 Å². The van der Waals surface area contributed by atoms with E-state index in [4.69, 9.17) is 4.74 Å². The Kier molecular flexibility index (Phi) is 9.24. The number of benzene rings is 1. The van der Waals surface area contributed by atoms with Gasteiger partial charge in [-0.05, 0) is 116 Å². The summed E-state index contributed by atoms with van der Waals surface area (Å²) >= 11 is 0. The monoisotopic (exact) mass is 597 g/mol. The third-order valence-electron chi connectivity index (χ3n) is 12.4. The lowest BCUT2D eigenvalue weighted by molar-refractivity contribution is -0.0577. The number of anilines is 1. The molecule has 0 spiro atoms. The number of hydrogen-bond donors (Lipinski definition) is 1. The van der Waals surface area contributed by atoms with Crippen LogP contribution in [0.15, 0.2) is 40.8 Å². The summed E-state index contributed by atoms with van der Waals surface area (Å²) in [6.07, 6.45) is 15.7. The first-order valence-electron chi connectivity index (χ1n) is 16.9. The van der Waals surface area contributed by atoms with E-state index in [1.807, 2.05) is 0 Å². The van der Waals surface area contributed by atoms with Crippen LogP contribution in [-0.4, -0.2) is 26.4 Å². The molecule has 0 aliphatic heterocycles. The Hall–Kier alpha value is -1.82. The Morgan fingerprint density at radius 2 is 1.74 bits per heavy atom. The molecule has 0 aromatic heterocycles. The lowest BCUT2D eigenvalue weighted by Gasteiger charge is -2.58. The molecule has 0 saturated heterocycles. The van der Waals surface area contributed by atoms with E-state index < -0.39 is 15.9 Å². The largest absolute Gasteiger partial charge is 0.446 e. The number of hydrogen-bond acceptors (Lipinski definition) is 4. The normalized spacial score (nSPS) is 35.0. The molecule has 0 radical (unpaired) electrons. The van der Waals surface area contributed by atoms with Crippen LogP contribution in [0.5, 0.6) is 0 Å². The highest BCUT2D eigenvalue weighted by atomic mass is 32.2. The van der Waals surface area contributed by atoms with Crippen molar-refractivity contribution in [1.29, 1.82) is 0 Å². The summed E-state index contributed by atoms with van der Waals surface area (Å²) < 4.78 is 30.1. The summed E-state index contributed by atoms with van der Waals surface area (Å²) in [7, 11) is -3.26. The van der Waals surface area contributed by atoms with Crippen molar-refractivity contribution >= 4 is 21.6 Å². The SMILES string of the molecule is CCS(=O)(=O)c1ccc(NC(=O)OC2CCC3(C)C(=CCC4C3CCC3(C)C(C(C)CCCC(C)C)CCC43)C2)cc1. The quantitative estimate of drug-likeness (QED) is 0.288. The standard InChI is InChI=1S/C36H55NO4S/c1-7-42(39,40)29-14-12-27(13-15-29)37-34(38)41-28-19-21-35(5)26(23-28)11-16-30-32-18-17-31(25(4)10-8-9-24(2)3)36(32,6)22-20-33(30)35/h11-15,24-25,28,30-33H,7-10,16-23H2,1-6H3,(H,37,38). The molecule has 4 aliphatic carbocycles. The van der Waals surface area contributed by atoms with E-state index in [1.165, 1.54) is 56.9 Å². The van der Waals surface area contributed by atoms with Crippen LogP contribution in [0.25, 0.3) is 0 Å². The van der Waals surface area contributed by atoms with Gasteiger partial charge in [-0.2, -0.15) is 0 Å². The molecule has 8 unspecified atom stereocenters. The first-order valence-corrected chi connectivity index (χ1v) is 18.5. The van der Waals surface area contributed by atoms with Crippen LogP contribution in [0.2, 0.25) is 0 Å². The van der Waals surface area contributed by atoms with Crippen molar-refractivity contribution in [2.45, 2.75) is 123 Å². The summed E-state index contributed by atoms with van der Waals surface area (Å²) in [5.74, 6) is 4.97. The number of fused-ring (bicyclic) bond motifs is 5. The number of carbonyl (C=O) groups is 1. The van der Waals surface area contributed by atoms with Gasteiger partial charge in [-0.1, -0.05) is 72.5 Å². The third-order valence-corrected chi connectivity index (χ3v) is 14.1. The van der Waals surface area contributed by atoms with Gasteiger partial charge in [0.15, 0.2) is 9.84 Å². The summed E-state index contributed by atoms with van der Waals surface area (Å²) in [6, 6.07) is 6.34. The lowest BCUT2D eigenvalue weighted by atomic mass is 9.47. The topological polar surface area (TPSA) is 72.5 Å². The first kappa shape index (κ1) is 31.6. The minimum atomic E-state index is -3.26. The summed E-state index contributed by atoms with van der Waals surface area (Å²) in [5.41, 5.74) is 2.78. The number of rotatable bonds is 9. The number of carbonyl (C=O) groups excluding carboxylic acids is 1. The smallest absolute Gasteiger partial charge is 0.411 e. The zero-order chi connectivity index (χ0) is 30.3. The summed E-state index contributed by atoms with van der Waals surface area (Å²) in [5, 5.41) is 2.80. The molecule has 6 heteroatoms. The molecule has 1 amide bonds. The number of allylic oxidation sites excluding steroid dienone is 1. The van der Waals surface area contributed by atoms with Crippen LogP contribution >= 0.6 is 0 Å². The number of ether oxygens (including phenoxy) is 1. The van der Waals surface area contributed by atoms with Gasteiger partial charge < -0.3 is 4.74 Å². The second-order valence-corrected chi connectivity index (χ2v) is 17.4.